The van der Waals surface area contributed by atoms with Gasteiger partial charge in [-0.2, -0.15) is 51.2 Å². The van der Waals surface area contributed by atoms with E-state index in [9.17, 15) is 0 Å². The van der Waals surface area contributed by atoms with Gasteiger partial charge in [-0.3, -0.25) is 24.9 Å². The van der Waals surface area contributed by atoms with Crippen LogP contribution < -0.4 is 0 Å². The highest BCUT2D eigenvalue weighted by molar-refractivity contribution is 5.06. The molecule has 11 heterocycles. The van der Waals surface area contributed by atoms with Gasteiger partial charge in [-0.05, 0) is 159 Å². The van der Waals surface area contributed by atoms with Crippen molar-refractivity contribution in [2.24, 2.45) is 0 Å². The normalized spacial score (nSPS) is 7.43. The number of aromatic nitrogens is 21. The van der Waals surface area contributed by atoms with Gasteiger partial charge in [0.1, 0.15) is 18.5 Å². The summed E-state index contributed by atoms with van der Waals surface area (Å²) in [5, 5.41) is 34.0. The first-order valence-electron chi connectivity index (χ1n) is 34.0. The molecule has 2 N–H and O–H groups in total. The Bertz CT molecular complexity index is 2270. The number of hydrogen-bond donors (Lipinski definition) is 2. The van der Waals surface area contributed by atoms with Crippen LogP contribution in [0.15, 0.2) is 197 Å². The number of pyridine rings is 3. The molecule has 0 aliphatic heterocycles. The summed E-state index contributed by atoms with van der Waals surface area (Å²) in [6.07, 6.45) is 34.2. The summed E-state index contributed by atoms with van der Waals surface area (Å²) in [7, 11) is 0. The first-order chi connectivity index (χ1) is 47.3. The maximum absolute atomic E-state index is 3.98. The van der Waals surface area contributed by atoms with E-state index in [-0.39, 0.29) is 0 Å². The first kappa shape index (κ1) is 112. The molecule has 0 saturated carbocycles. The van der Waals surface area contributed by atoms with Gasteiger partial charge in [0.25, 0.3) is 0 Å². The summed E-state index contributed by atoms with van der Waals surface area (Å²) in [6, 6.07) is 23.1. The number of nitrogens with zero attached hydrogens (tertiary/aromatic N) is 19. The van der Waals surface area contributed by atoms with Gasteiger partial charge in [0.15, 0.2) is 0 Å². The third-order valence-corrected chi connectivity index (χ3v) is 7.78. The van der Waals surface area contributed by atoms with Gasteiger partial charge in [0.05, 0.1) is 41.4 Å². The Morgan fingerprint density at radius 2 is 0.670 bits per heavy atom. The van der Waals surface area contributed by atoms with Gasteiger partial charge in [-0.25, -0.2) is 29.9 Å². The molecule has 0 atom stereocenters. The molecule has 0 aromatic carbocycles. The van der Waals surface area contributed by atoms with Crippen LogP contribution in [0, 0.1) is 76.2 Å². The van der Waals surface area contributed by atoms with Gasteiger partial charge >= 0.3 is 0 Å². The number of H-pyrrole nitrogens is 2. The molecule has 542 valence electrons. The second-order valence-corrected chi connectivity index (χ2v) is 14.9. The van der Waals surface area contributed by atoms with E-state index in [1.54, 1.807) is 111 Å². The summed E-state index contributed by atoms with van der Waals surface area (Å²) < 4.78 is 0. The lowest BCUT2D eigenvalue weighted by Crippen LogP contribution is -1.80. The Balaban J connectivity index is -0.0000000906. The fourth-order valence-electron chi connectivity index (χ4n) is 4.05. The molecule has 0 bridgehead atoms. The van der Waals surface area contributed by atoms with Gasteiger partial charge < -0.3 is 0 Å². The summed E-state index contributed by atoms with van der Waals surface area (Å²) in [6.45, 7) is 65.3. The van der Waals surface area contributed by atoms with Crippen molar-refractivity contribution in [2.75, 3.05) is 0 Å². The van der Waals surface area contributed by atoms with Crippen molar-refractivity contribution >= 4 is 0 Å². The Hall–Kier alpha value is -9.79. The predicted octanol–water partition coefficient (Wildman–Crippen LogP) is 20.4. The van der Waals surface area contributed by atoms with Gasteiger partial charge in [0.2, 0.25) is 0 Å². The van der Waals surface area contributed by atoms with Crippen LogP contribution in [0.5, 0.6) is 0 Å². The minimum Gasteiger partial charge on any atom is -0.265 e. The molecule has 0 fully saturated rings. The minimum absolute atomic E-state index is 0.822. The lowest BCUT2D eigenvalue weighted by molar-refractivity contribution is 0.928. The van der Waals surface area contributed by atoms with E-state index in [1.165, 1.54) is 23.8 Å². The third-order valence-electron chi connectivity index (χ3n) is 7.78. The van der Waals surface area contributed by atoms with E-state index in [2.05, 4.69) is 106 Å². The van der Waals surface area contributed by atoms with E-state index in [1.807, 2.05) is 301 Å². The Morgan fingerprint density at radius 1 is 0.227 bits per heavy atom. The van der Waals surface area contributed by atoms with E-state index < -0.39 is 0 Å². The molecule has 11 aromatic rings. The zero-order chi connectivity index (χ0) is 76.8. The number of hydrogen-bond acceptors (Lipinski definition) is 19. The van der Waals surface area contributed by atoms with Crippen molar-refractivity contribution in [2.45, 2.75) is 228 Å². The summed E-state index contributed by atoms with van der Waals surface area (Å²) in [5.74, 6) is 0.822. The average molecular weight is 1340 g/mol. The van der Waals surface area contributed by atoms with Crippen LogP contribution in [0.25, 0.3) is 0 Å². The molecule has 0 amide bonds. The smallest absolute Gasteiger partial charge is 0.125 e. The lowest BCUT2D eigenvalue weighted by atomic mass is 10.3. The third kappa shape index (κ3) is 105. The molecular formula is C76H133N21. The van der Waals surface area contributed by atoms with Crippen molar-refractivity contribution in [1.29, 1.82) is 0 Å². The molecule has 97 heavy (non-hydrogen) atoms. The topological polar surface area (TPSA) is 276 Å². The van der Waals surface area contributed by atoms with Crippen LogP contribution in [0.3, 0.4) is 0 Å². The van der Waals surface area contributed by atoms with Gasteiger partial charge in [0, 0.05) is 104 Å². The SMILES string of the molecule is CC.CC.CC.CC.CC.CC.CC.CC.CC.CC.CC.Cc1ccccn1.Cc1cccnc1.Cc1cccnn1.Cc1ccncc1.Cc1ccncn1.Cc1ccnnc1.Cc1cn[nH]n1.Cc1cn[nH]n1.Cc1cnccn1.Cc1cncnc1.Cc1ncccn1. The van der Waals surface area contributed by atoms with E-state index in [4.69, 9.17) is 0 Å². The molecule has 0 aliphatic carbocycles. The number of rotatable bonds is 0. The fraction of sp³-hybridized carbons (Fsp3) is 0.434. The summed E-state index contributed by atoms with van der Waals surface area (Å²) in [5.41, 5.74) is 10.6. The molecule has 0 radical (unpaired) electrons. The van der Waals surface area contributed by atoms with Crippen LogP contribution in [-0.2, 0) is 0 Å². The first-order valence-corrected chi connectivity index (χ1v) is 34.0. The van der Waals surface area contributed by atoms with Crippen LogP contribution in [0.2, 0.25) is 0 Å². The Labute approximate surface area is 591 Å². The van der Waals surface area contributed by atoms with Crippen LogP contribution in [-0.4, -0.2) is 106 Å². The van der Waals surface area contributed by atoms with Crippen LogP contribution >= 0.6 is 0 Å². The molecule has 0 spiro atoms. The average Bonchev–Trinajstić information content (AvgIpc) is 4.44. The molecule has 0 saturated heterocycles. The number of aryl methyl sites for hydroxylation is 11. The monoisotopic (exact) mass is 1340 g/mol. The second kappa shape index (κ2) is 108. The number of nitrogens with one attached hydrogen (secondary N) is 2. The molecule has 21 nitrogen and oxygen atoms in total. The van der Waals surface area contributed by atoms with Crippen molar-refractivity contribution in [3.63, 3.8) is 0 Å². The maximum Gasteiger partial charge on any atom is 0.125 e. The highest BCUT2D eigenvalue weighted by Crippen LogP contribution is 1.91. The van der Waals surface area contributed by atoms with Crippen molar-refractivity contribution in [3.8, 4) is 0 Å². The van der Waals surface area contributed by atoms with E-state index >= 15 is 0 Å². The number of aromatic amines is 2. The fourth-order valence-corrected chi connectivity index (χ4v) is 4.05. The highest BCUT2D eigenvalue weighted by atomic mass is 15.3. The highest BCUT2D eigenvalue weighted by Gasteiger charge is 1.81. The van der Waals surface area contributed by atoms with Crippen LogP contribution in [0.4, 0.5) is 0 Å². The molecule has 0 unspecified atom stereocenters. The van der Waals surface area contributed by atoms with Crippen molar-refractivity contribution in [1.82, 2.24) is 106 Å². The van der Waals surface area contributed by atoms with Crippen molar-refractivity contribution in [3.05, 3.63) is 259 Å². The summed E-state index contributed by atoms with van der Waals surface area (Å²) >= 11 is 0. The molecule has 0 aliphatic rings. The maximum atomic E-state index is 3.98. The van der Waals surface area contributed by atoms with Gasteiger partial charge in [-0.1, -0.05) is 164 Å². The minimum atomic E-state index is 0.822. The Morgan fingerprint density at radius 3 is 0.866 bits per heavy atom. The summed E-state index contributed by atoms with van der Waals surface area (Å²) in [4.78, 5) is 42.3. The molecule has 11 rings (SSSR count). The van der Waals surface area contributed by atoms with E-state index in [0.717, 1.165) is 51.1 Å². The Kier molecular flexibility index (Phi) is 124. The zero-order valence-corrected chi connectivity index (χ0v) is 66.5. The van der Waals surface area contributed by atoms with E-state index in [0.29, 0.717) is 0 Å². The largest absolute Gasteiger partial charge is 0.265 e. The molecule has 11 aromatic heterocycles. The molecule has 21 heteroatoms. The zero-order valence-electron chi connectivity index (χ0n) is 66.5. The van der Waals surface area contributed by atoms with Crippen LogP contribution in [0.1, 0.15) is 215 Å². The van der Waals surface area contributed by atoms with Gasteiger partial charge in [-0.15, -0.1) is 0 Å². The molecular weight excluding hydrogens is 1210 g/mol. The van der Waals surface area contributed by atoms with Crippen molar-refractivity contribution < 1.29 is 0 Å². The predicted molar refractivity (Wildman–Crippen MR) is 415 cm³/mol. The standard InChI is InChI=1S/3C6H7N.6C5H6N2.2C3H5N3.11C2H6/c1-6-2-4-7-5-3-6;1-6-3-2-4-7-5-6;1-6-4-2-3-5-7-6;1-5-2-6-4-7-3-5;1-5-4-6-2-3-7-5;1-5-2-3-6-4-7-5;1-5-2-3-6-7-4-5;1-5-6-3-2-4-7-5;1-5-3-2-4-6-7-5;2*1-3-2-4-6-5-3;11*1-2/h3*2-5H,1H3;6*2-4H,1H3;2*2H,1H3,(H,4,5,6);11*1-2H3. The lowest BCUT2D eigenvalue weighted by Gasteiger charge is -1.82. The quantitative estimate of drug-likeness (QED) is 0.143. The second-order valence-electron chi connectivity index (χ2n) is 14.9.